The Hall–Kier alpha value is -1.10. The number of fused-ring (bicyclic) bond motifs is 2. The molecule has 2 aromatic rings. The van der Waals surface area contributed by atoms with Crippen LogP contribution in [0.15, 0.2) is 45.0 Å². The van der Waals surface area contributed by atoms with Crippen LogP contribution in [0.3, 0.4) is 0 Å². The fraction of sp³-hybridized carbons (Fsp3) is 0.429. The fourth-order valence-corrected chi connectivity index (χ4v) is 6.14. The third kappa shape index (κ3) is 3.09. The monoisotopic (exact) mass is 370 g/mol. The number of hydrogen-bond acceptors (Lipinski definition) is 4. The molecule has 0 aromatic heterocycles. The van der Waals surface area contributed by atoms with Gasteiger partial charge in [-0.25, -0.2) is 0 Å². The number of likely N-dealkylation sites (tertiary alicyclic amines) is 1. The highest BCUT2D eigenvalue weighted by Gasteiger charge is 2.28. The average molecular weight is 371 g/mol. The lowest BCUT2D eigenvalue weighted by Gasteiger charge is -2.36. The lowest BCUT2D eigenvalue weighted by Crippen LogP contribution is -2.30. The lowest BCUT2D eigenvalue weighted by molar-refractivity contribution is 0.185. The molecule has 2 nitrogen and oxygen atoms in total. The Bertz CT molecular complexity index is 788. The molecular formula is C21H26N2S2. The van der Waals surface area contributed by atoms with Gasteiger partial charge < -0.3 is 5.32 Å². The van der Waals surface area contributed by atoms with E-state index in [1.165, 1.54) is 57.4 Å². The molecule has 0 aliphatic carbocycles. The Morgan fingerprint density at radius 2 is 2.08 bits per heavy atom. The number of benzene rings is 2. The molecule has 0 amide bonds. The van der Waals surface area contributed by atoms with E-state index in [-0.39, 0.29) is 0 Å². The van der Waals surface area contributed by atoms with Gasteiger partial charge in [0.05, 0.1) is 11.4 Å². The molecule has 1 fully saturated rings. The van der Waals surface area contributed by atoms with Crippen LogP contribution in [0.25, 0.3) is 0 Å². The van der Waals surface area contributed by atoms with Gasteiger partial charge in [0.15, 0.2) is 0 Å². The van der Waals surface area contributed by atoms with Crippen LogP contribution in [0.1, 0.15) is 43.4 Å². The van der Waals surface area contributed by atoms with Crippen LogP contribution in [0, 0.1) is 0 Å². The predicted octanol–water partition coefficient (Wildman–Crippen LogP) is 6.34. The van der Waals surface area contributed by atoms with Gasteiger partial charge in [-0.15, -0.1) is 11.8 Å². The Labute approximate surface area is 159 Å². The van der Waals surface area contributed by atoms with E-state index >= 15 is 0 Å². The first kappa shape index (κ1) is 17.3. The van der Waals surface area contributed by atoms with Crippen LogP contribution in [-0.4, -0.2) is 24.7 Å². The molecule has 0 radical (unpaired) electrons. The molecule has 1 saturated heterocycles. The van der Waals surface area contributed by atoms with Crippen LogP contribution in [0.5, 0.6) is 0 Å². The van der Waals surface area contributed by atoms with Crippen molar-refractivity contribution >= 4 is 34.9 Å². The minimum atomic E-state index is 0.560. The maximum absolute atomic E-state index is 3.73. The van der Waals surface area contributed by atoms with Gasteiger partial charge >= 0.3 is 0 Å². The Balaban J connectivity index is 1.84. The lowest BCUT2D eigenvalue weighted by atomic mass is 9.93. The first-order valence-corrected chi connectivity index (χ1v) is 11.2. The molecule has 132 valence electrons. The van der Waals surface area contributed by atoms with Crippen molar-refractivity contribution in [1.29, 1.82) is 0 Å². The van der Waals surface area contributed by atoms with Crippen molar-refractivity contribution in [3.8, 4) is 0 Å². The minimum absolute atomic E-state index is 0.560. The molecule has 2 aliphatic heterocycles. The summed E-state index contributed by atoms with van der Waals surface area (Å²) >= 11 is 3.84. The normalized spacial score (nSPS) is 19.9. The molecule has 0 bridgehead atoms. The van der Waals surface area contributed by atoms with E-state index in [9.17, 15) is 0 Å². The second-order valence-electron chi connectivity index (χ2n) is 6.92. The molecule has 2 aromatic carbocycles. The quantitative estimate of drug-likeness (QED) is 0.541. The Morgan fingerprint density at radius 3 is 2.84 bits per heavy atom. The van der Waals surface area contributed by atoms with E-state index in [1.54, 1.807) is 5.56 Å². The van der Waals surface area contributed by atoms with E-state index in [0.29, 0.717) is 6.04 Å². The molecule has 2 aliphatic rings. The fourth-order valence-electron chi connectivity index (χ4n) is 4.14. The summed E-state index contributed by atoms with van der Waals surface area (Å²) in [5.74, 6) is 0. The summed E-state index contributed by atoms with van der Waals surface area (Å²) in [5.41, 5.74) is 5.60. The zero-order valence-electron chi connectivity index (χ0n) is 15.3. The number of piperidine rings is 1. The Kier molecular flexibility index (Phi) is 5.03. The van der Waals surface area contributed by atoms with Crippen LogP contribution in [0.2, 0.25) is 0 Å². The zero-order chi connectivity index (χ0) is 17.4. The van der Waals surface area contributed by atoms with Crippen molar-refractivity contribution in [2.24, 2.45) is 0 Å². The number of nitrogens with one attached hydrogen (secondary N) is 1. The minimum Gasteiger partial charge on any atom is -0.353 e. The maximum atomic E-state index is 3.73. The SMILES string of the molecule is CCc1c2c(cc(C3CCCCN3C)c1SC)Sc1ccccc1N2. The van der Waals surface area contributed by atoms with Crippen molar-refractivity contribution in [2.45, 2.75) is 53.3 Å². The number of nitrogens with zero attached hydrogens (tertiary/aromatic N) is 1. The molecule has 1 unspecified atom stereocenters. The molecule has 25 heavy (non-hydrogen) atoms. The molecule has 4 heteroatoms. The highest BCUT2D eigenvalue weighted by Crippen LogP contribution is 2.50. The predicted molar refractivity (Wildman–Crippen MR) is 111 cm³/mol. The van der Waals surface area contributed by atoms with Crippen LogP contribution in [0.4, 0.5) is 11.4 Å². The molecule has 1 N–H and O–H groups in total. The number of para-hydroxylation sites is 1. The van der Waals surface area contributed by atoms with E-state index in [2.05, 4.69) is 60.8 Å². The number of rotatable bonds is 3. The second-order valence-corrected chi connectivity index (χ2v) is 8.82. The summed E-state index contributed by atoms with van der Waals surface area (Å²) in [6, 6.07) is 11.7. The van der Waals surface area contributed by atoms with Crippen LogP contribution in [-0.2, 0) is 6.42 Å². The molecule has 1 atom stereocenters. The number of thioether (sulfide) groups is 1. The van der Waals surface area contributed by atoms with Crippen molar-refractivity contribution < 1.29 is 0 Å². The number of anilines is 2. The molecule has 4 rings (SSSR count). The van der Waals surface area contributed by atoms with E-state index in [1.807, 2.05) is 23.5 Å². The van der Waals surface area contributed by atoms with E-state index in [4.69, 9.17) is 0 Å². The smallest absolute Gasteiger partial charge is 0.0570 e. The first-order chi connectivity index (χ1) is 12.2. The van der Waals surface area contributed by atoms with E-state index < -0.39 is 0 Å². The molecule has 0 spiro atoms. The topological polar surface area (TPSA) is 15.3 Å². The van der Waals surface area contributed by atoms with Gasteiger partial charge in [-0.1, -0.05) is 37.2 Å². The maximum Gasteiger partial charge on any atom is 0.0570 e. The summed E-state index contributed by atoms with van der Waals surface area (Å²) in [6.07, 6.45) is 7.25. The van der Waals surface area contributed by atoms with Crippen molar-refractivity contribution in [3.05, 3.63) is 41.5 Å². The Morgan fingerprint density at radius 1 is 1.24 bits per heavy atom. The van der Waals surface area contributed by atoms with E-state index in [0.717, 1.165) is 6.42 Å². The van der Waals surface area contributed by atoms with Gasteiger partial charge in [0.25, 0.3) is 0 Å². The van der Waals surface area contributed by atoms with Gasteiger partial charge in [0.2, 0.25) is 0 Å². The van der Waals surface area contributed by atoms with Gasteiger partial charge in [0, 0.05) is 20.7 Å². The van der Waals surface area contributed by atoms with Gasteiger partial charge in [-0.05, 0) is 68.4 Å². The molecule has 0 saturated carbocycles. The molecular weight excluding hydrogens is 344 g/mol. The van der Waals surface area contributed by atoms with Crippen LogP contribution >= 0.6 is 23.5 Å². The summed E-state index contributed by atoms with van der Waals surface area (Å²) in [6.45, 7) is 3.50. The summed E-state index contributed by atoms with van der Waals surface area (Å²) in [5, 5.41) is 3.73. The highest BCUT2D eigenvalue weighted by molar-refractivity contribution is 8.00. The second kappa shape index (κ2) is 7.26. The summed E-state index contributed by atoms with van der Waals surface area (Å²) < 4.78 is 0. The van der Waals surface area contributed by atoms with Gasteiger partial charge in [-0.2, -0.15) is 0 Å². The van der Waals surface area contributed by atoms with Crippen molar-refractivity contribution in [3.63, 3.8) is 0 Å². The molecule has 2 heterocycles. The van der Waals surface area contributed by atoms with Crippen molar-refractivity contribution in [2.75, 3.05) is 25.2 Å². The largest absolute Gasteiger partial charge is 0.353 e. The number of hydrogen-bond donors (Lipinski definition) is 1. The van der Waals surface area contributed by atoms with Crippen LogP contribution < -0.4 is 5.32 Å². The van der Waals surface area contributed by atoms with Gasteiger partial charge in [0.1, 0.15) is 0 Å². The summed E-state index contributed by atoms with van der Waals surface area (Å²) in [7, 11) is 2.29. The average Bonchev–Trinajstić information content (AvgIpc) is 2.65. The third-order valence-electron chi connectivity index (χ3n) is 5.42. The van der Waals surface area contributed by atoms with Gasteiger partial charge in [-0.3, -0.25) is 4.90 Å². The first-order valence-electron chi connectivity index (χ1n) is 9.20. The van der Waals surface area contributed by atoms with Crippen molar-refractivity contribution in [1.82, 2.24) is 4.90 Å². The third-order valence-corrected chi connectivity index (χ3v) is 7.43. The summed E-state index contributed by atoms with van der Waals surface area (Å²) in [4.78, 5) is 6.77. The zero-order valence-corrected chi connectivity index (χ0v) is 16.9. The highest BCUT2D eigenvalue weighted by atomic mass is 32.2. The standard InChI is InChI=1S/C21H26N2S2/c1-4-14-20-19(25-18-11-6-5-9-16(18)22-20)13-15(21(14)24-3)17-10-7-8-12-23(17)2/h5-6,9,11,13,17,22H,4,7-8,10,12H2,1-3H3.